The van der Waals surface area contributed by atoms with E-state index in [0.29, 0.717) is 24.5 Å². The lowest BCUT2D eigenvalue weighted by Gasteiger charge is -2.24. The molecule has 8 heteroatoms. The van der Waals surface area contributed by atoms with Crippen LogP contribution in [-0.4, -0.2) is 33.8 Å². The molecule has 0 spiro atoms. The molecule has 6 nitrogen and oxygen atoms in total. The molecule has 1 aliphatic rings. The molecule has 1 aromatic carbocycles. The van der Waals surface area contributed by atoms with E-state index in [1.807, 2.05) is 35.9 Å². The SMILES string of the molecule is Cc1nccn1-c1cccc([C@@H]2CCCN2S(=O)(=O)c2ccc(F)cc2)n1. The maximum atomic E-state index is 13.2. The van der Waals surface area contributed by atoms with Gasteiger partial charge in [-0.1, -0.05) is 6.07 Å². The van der Waals surface area contributed by atoms with Crippen molar-refractivity contribution >= 4 is 10.0 Å². The van der Waals surface area contributed by atoms with Crippen molar-refractivity contribution in [2.24, 2.45) is 0 Å². The van der Waals surface area contributed by atoms with Crippen LogP contribution < -0.4 is 0 Å². The Morgan fingerprint density at radius 2 is 1.93 bits per heavy atom. The first-order valence-electron chi connectivity index (χ1n) is 8.71. The average Bonchev–Trinajstić information content (AvgIpc) is 3.31. The van der Waals surface area contributed by atoms with Gasteiger partial charge in [-0.15, -0.1) is 0 Å². The highest BCUT2D eigenvalue weighted by molar-refractivity contribution is 7.89. The van der Waals surface area contributed by atoms with Crippen LogP contribution in [0.25, 0.3) is 5.82 Å². The maximum absolute atomic E-state index is 13.2. The fourth-order valence-corrected chi connectivity index (χ4v) is 5.11. The Morgan fingerprint density at radius 3 is 2.63 bits per heavy atom. The number of nitrogens with zero attached hydrogens (tertiary/aromatic N) is 4. The van der Waals surface area contributed by atoms with Gasteiger partial charge in [0.1, 0.15) is 17.5 Å². The molecule has 1 aliphatic heterocycles. The first kappa shape index (κ1) is 17.8. The Bertz CT molecular complexity index is 1060. The fraction of sp³-hybridized carbons (Fsp3) is 0.263. The van der Waals surface area contributed by atoms with Gasteiger partial charge in [-0.3, -0.25) is 4.57 Å². The number of benzene rings is 1. The third-order valence-corrected chi connectivity index (χ3v) is 6.72. The summed E-state index contributed by atoms with van der Waals surface area (Å²) in [5, 5.41) is 0. The Labute approximate surface area is 157 Å². The van der Waals surface area contributed by atoms with E-state index in [1.165, 1.54) is 28.6 Å². The van der Waals surface area contributed by atoms with Gasteiger partial charge in [0, 0.05) is 18.9 Å². The monoisotopic (exact) mass is 386 g/mol. The molecule has 0 aliphatic carbocycles. The van der Waals surface area contributed by atoms with Crippen LogP contribution in [0, 0.1) is 12.7 Å². The van der Waals surface area contributed by atoms with Crippen molar-refractivity contribution in [1.82, 2.24) is 18.8 Å². The molecule has 0 bridgehead atoms. The van der Waals surface area contributed by atoms with E-state index < -0.39 is 15.8 Å². The molecule has 1 fully saturated rings. The highest BCUT2D eigenvalue weighted by Crippen LogP contribution is 2.36. The zero-order valence-corrected chi connectivity index (χ0v) is 15.6. The van der Waals surface area contributed by atoms with Gasteiger partial charge in [0.15, 0.2) is 0 Å². The second-order valence-corrected chi connectivity index (χ2v) is 8.38. The lowest BCUT2D eigenvalue weighted by atomic mass is 10.1. The van der Waals surface area contributed by atoms with Gasteiger partial charge in [0.05, 0.1) is 16.6 Å². The first-order chi connectivity index (χ1) is 13.0. The van der Waals surface area contributed by atoms with E-state index in [-0.39, 0.29) is 10.9 Å². The number of hydrogen-bond acceptors (Lipinski definition) is 4. The van der Waals surface area contributed by atoms with E-state index in [9.17, 15) is 12.8 Å². The summed E-state index contributed by atoms with van der Waals surface area (Å²) in [7, 11) is -3.72. The van der Waals surface area contributed by atoms with E-state index >= 15 is 0 Å². The van der Waals surface area contributed by atoms with Crippen LogP contribution in [0.5, 0.6) is 0 Å². The van der Waals surface area contributed by atoms with Crippen LogP contribution in [-0.2, 0) is 10.0 Å². The molecule has 140 valence electrons. The molecule has 3 heterocycles. The van der Waals surface area contributed by atoms with Gasteiger partial charge in [0.2, 0.25) is 10.0 Å². The minimum atomic E-state index is -3.72. The number of imidazole rings is 1. The molecule has 0 amide bonds. The summed E-state index contributed by atoms with van der Waals surface area (Å²) < 4.78 is 42.6. The lowest BCUT2D eigenvalue weighted by molar-refractivity contribution is 0.390. The Kier molecular flexibility index (Phi) is 4.53. The van der Waals surface area contributed by atoms with Gasteiger partial charge >= 0.3 is 0 Å². The number of aromatic nitrogens is 3. The summed E-state index contributed by atoms with van der Waals surface area (Å²) in [5.74, 6) is 1.05. The summed E-state index contributed by atoms with van der Waals surface area (Å²) >= 11 is 0. The largest absolute Gasteiger partial charge is 0.288 e. The Morgan fingerprint density at radius 1 is 1.15 bits per heavy atom. The van der Waals surface area contributed by atoms with Crippen molar-refractivity contribution in [2.45, 2.75) is 30.7 Å². The van der Waals surface area contributed by atoms with E-state index in [4.69, 9.17) is 0 Å². The molecule has 1 saturated heterocycles. The molecule has 3 aromatic rings. The molecule has 4 rings (SSSR count). The fourth-order valence-electron chi connectivity index (χ4n) is 3.44. The van der Waals surface area contributed by atoms with Crippen molar-refractivity contribution in [2.75, 3.05) is 6.54 Å². The molecular formula is C19H19FN4O2S. The Hall–Kier alpha value is -2.58. The van der Waals surface area contributed by atoms with E-state index in [1.54, 1.807) is 6.20 Å². The molecule has 2 aromatic heterocycles. The summed E-state index contributed by atoms with van der Waals surface area (Å²) in [6.07, 6.45) is 4.97. The molecule has 27 heavy (non-hydrogen) atoms. The third kappa shape index (κ3) is 3.26. The number of hydrogen-bond donors (Lipinski definition) is 0. The predicted octanol–water partition coefficient (Wildman–Crippen LogP) is 3.24. The topological polar surface area (TPSA) is 68.1 Å². The van der Waals surface area contributed by atoms with Crippen LogP contribution in [0.4, 0.5) is 4.39 Å². The van der Waals surface area contributed by atoms with Crippen molar-refractivity contribution < 1.29 is 12.8 Å². The molecule has 0 unspecified atom stereocenters. The van der Waals surface area contributed by atoms with Gasteiger partial charge in [-0.25, -0.2) is 22.8 Å². The van der Waals surface area contributed by atoms with Gasteiger partial charge in [-0.05, 0) is 56.2 Å². The number of halogens is 1. The molecule has 0 radical (unpaired) electrons. The second-order valence-electron chi connectivity index (χ2n) is 6.49. The molecular weight excluding hydrogens is 367 g/mol. The van der Waals surface area contributed by atoms with Crippen LogP contribution >= 0.6 is 0 Å². The first-order valence-corrected chi connectivity index (χ1v) is 10.2. The minimum absolute atomic E-state index is 0.0948. The van der Waals surface area contributed by atoms with Crippen LogP contribution in [0.15, 0.2) is 59.8 Å². The smallest absolute Gasteiger partial charge is 0.243 e. The van der Waals surface area contributed by atoms with Crippen LogP contribution in [0.3, 0.4) is 0 Å². The van der Waals surface area contributed by atoms with E-state index in [2.05, 4.69) is 9.97 Å². The third-order valence-electron chi connectivity index (χ3n) is 4.79. The molecule has 0 saturated carbocycles. The zero-order chi connectivity index (χ0) is 19.0. The van der Waals surface area contributed by atoms with E-state index in [0.717, 1.165) is 12.2 Å². The number of pyridine rings is 1. The Balaban J connectivity index is 1.70. The standard InChI is InChI=1S/C19H19FN4O2S/c1-14-21-11-13-23(14)19-6-2-4-17(22-19)18-5-3-12-24(18)27(25,26)16-9-7-15(20)8-10-16/h2,4,6-11,13,18H,3,5,12H2,1H3/t18-/m0/s1. The number of aryl methyl sites for hydroxylation is 1. The van der Waals surface area contributed by atoms with Crippen molar-refractivity contribution in [3.8, 4) is 5.82 Å². The van der Waals surface area contributed by atoms with Crippen LogP contribution in [0.1, 0.15) is 30.4 Å². The normalized spacial score (nSPS) is 18.1. The average molecular weight is 386 g/mol. The van der Waals surface area contributed by atoms with Crippen molar-refractivity contribution in [3.63, 3.8) is 0 Å². The van der Waals surface area contributed by atoms with Gasteiger partial charge in [0.25, 0.3) is 0 Å². The summed E-state index contributed by atoms with van der Waals surface area (Å²) in [6, 6.07) is 10.2. The second kappa shape index (κ2) is 6.86. The zero-order valence-electron chi connectivity index (χ0n) is 14.8. The lowest BCUT2D eigenvalue weighted by Crippen LogP contribution is -2.31. The number of rotatable bonds is 4. The van der Waals surface area contributed by atoms with Crippen molar-refractivity contribution in [1.29, 1.82) is 0 Å². The maximum Gasteiger partial charge on any atom is 0.243 e. The van der Waals surface area contributed by atoms with Gasteiger partial charge in [-0.2, -0.15) is 4.31 Å². The highest BCUT2D eigenvalue weighted by Gasteiger charge is 2.37. The van der Waals surface area contributed by atoms with Gasteiger partial charge < -0.3 is 0 Å². The summed E-state index contributed by atoms with van der Waals surface area (Å²) in [4.78, 5) is 8.99. The minimum Gasteiger partial charge on any atom is -0.288 e. The quantitative estimate of drug-likeness (QED) is 0.690. The number of sulfonamides is 1. The predicted molar refractivity (Wildman–Crippen MR) is 98.4 cm³/mol. The molecule has 0 N–H and O–H groups in total. The van der Waals surface area contributed by atoms with Crippen LogP contribution in [0.2, 0.25) is 0 Å². The summed E-state index contributed by atoms with van der Waals surface area (Å²) in [6.45, 7) is 2.30. The highest BCUT2D eigenvalue weighted by atomic mass is 32.2. The summed E-state index contributed by atoms with van der Waals surface area (Å²) in [5.41, 5.74) is 0.698. The molecule has 1 atom stereocenters. The van der Waals surface area contributed by atoms with Crippen molar-refractivity contribution in [3.05, 3.63) is 72.2 Å².